The first kappa shape index (κ1) is 10.3. The molecule has 0 saturated heterocycles. The van der Waals surface area contributed by atoms with E-state index in [1.54, 1.807) is 0 Å². The second-order valence-corrected chi connectivity index (χ2v) is 3.19. The summed E-state index contributed by atoms with van der Waals surface area (Å²) in [5.74, 6) is 0. The zero-order valence-corrected chi connectivity index (χ0v) is 8.05. The molecule has 0 bridgehead atoms. The average molecular weight is 181 g/mol. The third-order valence-corrected chi connectivity index (χ3v) is 2.04. The minimum atomic E-state index is 0.804. The maximum absolute atomic E-state index is 5.39. The smallest absolute Gasteiger partial charge is 0.0159 e. The summed E-state index contributed by atoms with van der Waals surface area (Å²) in [6, 6.07) is 4.14. The summed E-state index contributed by atoms with van der Waals surface area (Å²) in [6.45, 7) is 2.93. The van der Waals surface area contributed by atoms with Crippen LogP contribution in [0, 0.1) is 0 Å². The first-order valence-corrected chi connectivity index (χ1v) is 4.96. The lowest BCUT2D eigenvalue weighted by molar-refractivity contribution is 0.624. The number of hydrogen-bond acceptors (Lipinski definition) is 2. The SMILES string of the molecule is NCCCCNCCc1ccc[nH]1. The molecule has 0 atom stereocenters. The Bertz CT molecular complexity index is 194. The lowest BCUT2D eigenvalue weighted by Crippen LogP contribution is -2.19. The summed E-state index contributed by atoms with van der Waals surface area (Å²) in [7, 11) is 0. The van der Waals surface area contributed by atoms with Gasteiger partial charge in [-0.2, -0.15) is 0 Å². The van der Waals surface area contributed by atoms with Crippen molar-refractivity contribution >= 4 is 0 Å². The molecule has 0 aliphatic carbocycles. The molecule has 0 saturated carbocycles. The van der Waals surface area contributed by atoms with Gasteiger partial charge < -0.3 is 16.0 Å². The van der Waals surface area contributed by atoms with Gasteiger partial charge in [0, 0.05) is 18.4 Å². The van der Waals surface area contributed by atoms with E-state index in [4.69, 9.17) is 5.73 Å². The van der Waals surface area contributed by atoms with Gasteiger partial charge in [0.2, 0.25) is 0 Å². The number of nitrogens with one attached hydrogen (secondary N) is 2. The lowest BCUT2D eigenvalue weighted by atomic mass is 10.3. The number of H-pyrrole nitrogens is 1. The van der Waals surface area contributed by atoms with Crippen molar-refractivity contribution in [2.24, 2.45) is 5.73 Å². The number of rotatable bonds is 7. The average Bonchev–Trinajstić information content (AvgIpc) is 2.63. The van der Waals surface area contributed by atoms with Gasteiger partial charge in [0.1, 0.15) is 0 Å². The molecule has 3 heteroatoms. The second-order valence-electron chi connectivity index (χ2n) is 3.19. The van der Waals surface area contributed by atoms with Crippen LogP contribution < -0.4 is 11.1 Å². The highest BCUT2D eigenvalue weighted by molar-refractivity contribution is 5.03. The fraction of sp³-hybridized carbons (Fsp3) is 0.600. The standard InChI is InChI=1S/C10H19N3/c11-6-1-2-7-12-9-5-10-4-3-8-13-10/h3-4,8,12-13H,1-2,5-7,9,11H2. The summed E-state index contributed by atoms with van der Waals surface area (Å²) >= 11 is 0. The molecule has 3 nitrogen and oxygen atoms in total. The molecular formula is C10H19N3. The maximum Gasteiger partial charge on any atom is 0.0159 e. The Hall–Kier alpha value is -0.800. The fourth-order valence-corrected chi connectivity index (χ4v) is 1.27. The van der Waals surface area contributed by atoms with Crippen molar-refractivity contribution in [2.45, 2.75) is 19.3 Å². The molecule has 1 aromatic heterocycles. The number of aromatic nitrogens is 1. The van der Waals surface area contributed by atoms with Crippen molar-refractivity contribution in [1.29, 1.82) is 0 Å². The fourth-order valence-electron chi connectivity index (χ4n) is 1.27. The van der Waals surface area contributed by atoms with Gasteiger partial charge in [0.05, 0.1) is 0 Å². The molecule has 0 amide bonds. The van der Waals surface area contributed by atoms with E-state index < -0.39 is 0 Å². The highest BCUT2D eigenvalue weighted by Gasteiger charge is 1.91. The third-order valence-electron chi connectivity index (χ3n) is 2.04. The zero-order chi connectivity index (χ0) is 9.36. The largest absolute Gasteiger partial charge is 0.365 e. The molecule has 1 aromatic rings. The highest BCUT2D eigenvalue weighted by atomic mass is 14.8. The van der Waals surface area contributed by atoms with Crippen molar-refractivity contribution in [3.63, 3.8) is 0 Å². The van der Waals surface area contributed by atoms with Gasteiger partial charge in [-0.25, -0.2) is 0 Å². The minimum absolute atomic E-state index is 0.804. The van der Waals surface area contributed by atoms with Crippen LogP contribution in [0.4, 0.5) is 0 Å². The molecule has 0 fully saturated rings. The van der Waals surface area contributed by atoms with Crippen LogP contribution in [0.2, 0.25) is 0 Å². The van der Waals surface area contributed by atoms with Crippen molar-refractivity contribution < 1.29 is 0 Å². The molecule has 0 aliphatic heterocycles. The Morgan fingerprint density at radius 3 is 2.92 bits per heavy atom. The summed E-state index contributed by atoms with van der Waals surface area (Å²) in [5, 5.41) is 3.38. The van der Waals surface area contributed by atoms with Crippen molar-refractivity contribution in [3.05, 3.63) is 24.0 Å². The van der Waals surface area contributed by atoms with Gasteiger partial charge in [-0.15, -0.1) is 0 Å². The lowest BCUT2D eigenvalue weighted by Gasteiger charge is -2.02. The van der Waals surface area contributed by atoms with Crippen LogP contribution in [0.3, 0.4) is 0 Å². The van der Waals surface area contributed by atoms with E-state index in [0.29, 0.717) is 0 Å². The van der Waals surface area contributed by atoms with Gasteiger partial charge in [0.15, 0.2) is 0 Å². The molecule has 0 radical (unpaired) electrons. The van der Waals surface area contributed by atoms with Crippen LogP contribution >= 0.6 is 0 Å². The van der Waals surface area contributed by atoms with Gasteiger partial charge in [0.25, 0.3) is 0 Å². The highest BCUT2D eigenvalue weighted by Crippen LogP contribution is 1.93. The first-order valence-electron chi connectivity index (χ1n) is 4.96. The predicted octanol–water partition coefficient (Wildman–Crippen LogP) is 0.886. The number of nitrogens with two attached hydrogens (primary N) is 1. The topological polar surface area (TPSA) is 53.8 Å². The third kappa shape index (κ3) is 4.70. The molecule has 1 heterocycles. The maximum atomic E-state index is 5.39. The van der Waals surface area contributed by atoms with Crippen LogP contribution in [0.5, 0.6) is 0 Å². The summed E-state index contributed by atoms with van der Waals surface area (Å²) < 4.78 is 0. The quantitative estimate of drug-likeness (QED) is 0.547. The molecule has 0 spiro atoms. The van der Waals surface area contributed by atoms with Gasteiger partial charge >= 0.3 is 0 Å². The normalized spacial score (nSPS) is 10.5. The van der Waals surface area contributed by atoms with Gasteiger partial charge in [-0.1, -0.05) is 0 Å². The number of unbranched alkanes of at least 4 members (excludes halogenated alkanes) is 1. The van der Waals surface area contributed by atoms with E-state index in [9.17, 15) is 0 Å². The van der Waals surface area contributed by atoms with Gasteiger partial charge in [-0.3, -0.25) is 0 Å². The van der Waals surface area contributed by atoms with Crippen LogP contribution in [0.1, 0.15) is 18.5 Å². The van der Waals surface area contributed by atoms with Crippen molar-refractivity contribution in [2.75, 3.05) is 19.6 Å². The Kier molecular flexibility index (Phi) is 5.29. The Morgan fingerprint density at radius 1 is 1.31 bits per heavy atom. The monoisotopic (exact) mass is 181 g/mol. The molecule has 0 unspecified atom stereocenters. The first-order chi connectivity index (χ1) is 6.43. The Labute approximate surface area is 79.7 Å². The van der Waals surface area contributed by atoms with E-state index in [-0.39, 0.29) is 0 Å². The van der Waals surface area contributed by atoms with E-state index in [1.807, 2.05) is 12.3 Å². The Balaban J connectivity index is 1.90. The molecule has 0 aromatic carbocycles. The van der Waals surface area contributed by atoms with Crippen LogP contribution in [0.15, 0.2) is 18.3 Å². The molecular weight excluding hydrogens is 162 g/mol. The zero-order valence-electron chi connectivity index (χ0n) is 8.05. The Morgan fingerprint density at radius 2 is 2.23 bits per heavy atom. The summed E-state index contributed by atoms with van der Waals surface area (Å²) in [6.07, 6.45) is 5.34. The van der Waals surface area contributed by atoms with Crippen LogP contribution in [-0.2, 0) is 6.42 Å². The van der Waals surface area contributed by atoms with E-state index in [0.717, 1.165) is 32.5 Å². The second kappa shape index (κ2) is 6.69. The summed E-state index contributed by atoms with van der Waals surface area (Å²) in [4.78, 5) is 3.18. The van der Waals surface area contributed by atoms with Gasteiger partial charge in [-0.05, 0) is 44.5 Å². The molecule has 4 N–H and O–H groups in total. The van der Waals surface area contributed by atoms with Crippen LogP contribution in [0.25, 0.3) is 0 Å². The van der Waals surface area contributed by atoms with E-state index in [2.05, 4.69) is 16.4 Å². The van der Waals surface area contributed by atoms with Crippen LogP contribution in [-0.4, -0.2) is 24.6 Å². The molecule has 74 valence electrons. The van der Waals surface area contributed by atoms with E-state index in [1.165, 1.54) is 12.1 Å². The van der Waals surface area contributed by atoms with Crippen molar-refractivity contribution in [1.82, 2.24) is 10.3 Å². The minimum Gasteiger partial charge on any atom is -0.365 e. The van der Waals surface area contributed by atoms with E-state index >= 15 is 0 Å². The predicted molar refractivity (Wildman–Crippen MR) is 55.7 cm³/mol. The number of hydrogen-bond donors (Lipinski definition) is 3. The molecule has 1 rings (SSSR count). The van der Waals surface area contributed by atoms with Crippen molar-refractivity contribution in [3.8, 4) is 0 Å². The summed E-state index contributed by atoms with van der Waals surface area (Å²) in [5.41, 5.74) is 6.69. The molecule has 13 heavy (non-hydrogen) atoms. The number of aromatic amines is 1. The molecule has 0 aliphatic rings.